The van der Waals surface area contributed by atoms with E-state index in [4.69, 9.17) is 17.3 Å². The highest BCUT2D eigenvalue weighted by molar-refractivity contribution is 7.92. The van der Waals surface area contributed by atoms with Gasteiger partial charge in [0, 0.05) is 36.8 Å². The molecule has 0 atom stereocenters. The predicted molar refractivity (Wildman–Crippen MR) is 160 cm³/mol. The first-order valence-electron chi connectivity index (χ1n) is 12.3. The standard InChI is InChI=1S/C28H30ClN5O3S2/c1-39(36,37)33-23-14-12-22(13-15-23)25-26(29)38-27(31-25)32-28(35)34(19-17-30)18-16-24(20-8-4-2-5-9-20)21-10-6-3-7-11-21/h2-15,24,33H,16-19,30H2,1H3,(H,31,32,35). The molecular formula is C28H30ClN5O3S2. The minimum atomic E-state index is -3.38. The van der Waals surface area contributed by atoms with Crippen LogP contribution in [0.3, 0.4) is 0 Å². The minimum Gasteiger partial charge on any atom is -0.329 e. The van der Waals surface area contributed by atoms with E-state index in [0.717, 1.165) is 24.0 Å². The van der Waals surface area contributed by atoms with Gasteiger partial charge in [0.1, 0.15) is 10.0 Å². The van der Waals surface area contributed by atoms with Gasteiger partial charge >= 0.3 is 6.03 Å². The molecule has 0 aliphatic rings. The van der Waals surface area contributed by atoms with Crippen molar-refractivity contribution in [3.63, 3.8) is 0 Å². The normalized spacial score (nSPS) is 11.4. The van der Waals surface area contributed by atoms with Crippen LogP contribution < -0.4 is 15.8 Å². The van der Waals surface area contributed by atoms with Crippen LogP contribution in [0.25, 0.3) is 11.3 Å². The Morgan fingerprint density at radius 1 is 0.974 bits per heavy atom. The van der Waals surface area contributed by atoms with Gasteiger partial charge in [-0.1, -0.05) is 95.7 Å². The number of urea groups is 1. The summed E-state index contributed by atoms with van der Waals surface area (Å²) >= 11 is 7.61. The monoisotopic (exact) mass is 583 g/mol. The second-order valence-corrected chi connectivity index (χ2v) is 12.3. The van der Waals surface area contributed by atoms with Gasteiger partial charge in [-0.25, -0.2) is 18.2 Å². The number of sulfonamides is 1. The molecule has 0 saturated carbocycles. The van der Waals surface area contributed by atoms with Crippen LogP contribution in [0, 0.1) is 0 Å². The van der Waals surface area contributed by atoms with Gasteiger partial charge in [0.15, 0.2) is 5.13 Å². The SMILES string of the molecule is CS(=O)(=O)Nc1ccc(-c2nc(NC(=O)N(CCN)CCC(c3ccccc3)c3ccccc3)sc2Cl)cc1. The van der Waals surface area contributed by atoms with Crippen molar-refractivity contribution >= 4 is 49.8 Å². The number of rotatable bonds is 11. The molecule has 2 amide bonds. The second-order valence-electron chi connectivity index (χ2n) is 8.96. The lowest BCUT2D eigenvalue weighted by Gasteiger charge is -2.25. The van der Waals surface area contributed by atoms with Crippen molar-refractivity contribution in [3.8, 4) is 11.3 Å². The molecule has 4 N–H and O–H groups in total. The number of thiazole rings is 1. The fraction of sp³-hybridized carbons (Fsp3) is 0.214. The summed E-state index contributed by atoms with van der Waals surface area (Å²) < 4.78 is 25.7. The van der Waals surface area contributed by atoms with Gasteiger partial charge in [-0.3, -0.25) is 10.0 Å². The molecular weight excluding hydrogens is 554 g/mol. The van der Waals surface area contributed by atoms with Crippen molar-refractivity contribution in [2.75, 3.05) is 35.9 Å². The highest BCUT2D eigenvalue weighted by atomic mass is 35.5. The van der Waals surface area contributed by atoms with Crippen molar-refractivity contribution in [2.24, 2.45) is 5.73 Å². The number of hydrogen-bond acceptors (Lipinski definition) is 6. The molecule has 8 nitrogen and oxygen atoms in total. The van der Waals surface area contributed by atoms with Crippen LogP contribution in [0.1, 0.15) is 23.5 Å². The molecule has 39 heavy (non-hydrogen) atoms. The second kappa shape index (κ2) is 13.1. The van der Waals surface area contributed by atoms with E-state index < -0.39 is 10.0 Å². The van der Waals surface area contributed by atoms with E-state index in [9.17, 15) is 13.2 Å². The summed E-state index contributed by atoms with van der Waals surface area (Å²) in [5.41, 5.74) is 9.85. The third kappa shape index (κ3) is 8.03. The number of carbonyl (C=O) groups is 1. The number of carbonyl (C=O) groups excluding carboxylic acids is 1. The molecule has 4 rings (SSSR count). The first kappa shape index (κ1) is 28.6. The van der Waals surface area contributed by atoms with Crippen LogP contribution >= 0.6 is 22.9 Å². The Hall–Kier alpha value is -3.44. The lowest BCUT2D eigenvalue weighted by Crippen LogP contribution is -2.39. The van der Waals surface area contributed by atoms with Gasteiger partial charge in [0.2, 0.25) is 10.0 Å². The Morgan fingerprint density at radius 2 is 1.56 bits per heavy atom. The molecule has 0 fully saturated rings. The Balaban J connectivity index is 1.46. The fourth-order valence-electron chi connectivity index (χ4n) is 4.27. The van der Waals surface area contributed by atoms with Crippen molar-refractivity contribution in [3.05, 3.63) is 100 Å². The summed E-state index contributed by atoms with van der Waals surface area (Å²) in [4.78, 5) is 19.4. The first-order chi connectivity index (χ1) is 18.7. The maximum absolute atomic E-state index is 13.2. The van der Waals surface area contributed by atoms with Crippen molar-refractivity contribution in [1.82, 2.24) is 9.88 Å². The zero-order chi connectivity index (χ0) is 27.8. The third-order valence-corrected chi connectivity index (χ3v) is 7.82. The molecule has 0 spiro atoms. The molecule has 204 valence electrons. The molecule has 1 aromatic heterocycles. The van der Waals surface area contributed by atoms with Crippen molar-refractivity contribution in [2.45, 2.75) is 12.3 Å². The van der Waals surface area contributed by atoms with Crippen LogP contribution in [0.2, 0.25) is 4.34 Å². The third-order valence-electron chi connectivity index (χ3n) is 6.04. The van der Waals surface area contributed by atoms with E-state index in [-0.39, 0.29) is 11.9 Å². The zero-order valence-corrected chi connectivity index (χ0v) is 23.8. The zero-order valence-electron chi connectivity index (χ0n) is 21.4. The maximum atomic E-state index is 13.2. The number of amides is 2. The van der Waals surface area contributed by atoms with E-state index in [1.54, 1.807) is 29.2 Å². The summed E-state index contributed by atoms with van der Waals surface area (Å²) in [7, 11) is -3.38. The topological polar surface area (TPSA) is 117 Å². The number of anilines is 2. The number of nitrogens with zero attached hydrogens (tertiary/aromatic N) is 2. The Bertz CT molecular complexity index is 1440. The van der Waals surface area contributed by atoms with E-state index >= 15 is 0 Å². The van der Waals surface area contributed by atoms with Gasteiger partial charge in [-0.2, -0.15) is 0 Å². The molecule has 4 aromatic rings. The molecule has 0 unspecified atom stereocenters. The quantitative estimate of drug-likeness (QED) is 0.205. The van der Waals surface area contributed by atoms with Crippen LogP contribution in [0.15, 0.2) is 84.9 Å². The lowest BCUT2D eigenvalue weighted by molar-refractivity contribution is 0.211. The molecule has 0 saturated heterocycles. The minimum absolute atomic E-state index is 0.126. The van der Waals surface area contributed by atoms with Gasteiger partial charge in [0.05, 0.1) is 6.26 Å². The van der Waals surface area contributed by atoms with Crippen LogP contribution in [-0.4, -0.2) is 50.2 Å². The molecule has 1 heterocycles. The molecule has 3 aromatic carbocycles. The molecule has 0 bridgehead atoms. The summed E-state index contributed by atoms with van der Waals surface area (Å²) in [5.74, 6) is 0.126. The number of hydrogen-bond donors (Lipinski definition) is 3. The fourth-order valence-corrected chi connectivity index (χ4v) is 5.91. The van der Waals surface area contributed by atoms with Crippen molar-refractivity contribution < 1.29 is 13.2 Å². The van der Waals surface area contributed by atoms with E-state index in [1.807, 2.05) is 36.4 Å². The number of nitrogens with two attached hydrogens (primary N) is 1. The van der Waals surface area contributed by atoms with Crippen LogP contribution in [0.4, 0.5) is 15.6 Å². The molecule has 0 aliphatic heterocycles. The van der Waals surface area contributed by atoms with Gasteiger partial charge in [-0.15, -0.1) is 0 Å². The molecule has 0 aliphatic carbocycles. The van der Waals surface area contributed by atoms with E-state index in [0.29, 0.717) is 46.0 Å². The van der Waals surface area contributed by atoms with Crippen LogP contribution in [-0.2, 0) is 10.0 Å². The summed E-state index contributed by atoms with van der Waals surface area (Å²) in [6.45, 7) is 1.22. The maximum Gasteiger partial charge on any atom is 0.323 e. The summed E-state index contributed by atoms with van der Waals surface area (Å²) in [6, 6.07) is 26.9. The van der Waals surface area contributed by atoms with Crippen molar-refractivity contribution in [1.29, 1.82) is 0 Å². The average molecular weight is 584 g/mol. The van der Waals surface area contributed by atoms with E-state index in [2.05, 4.69) is 39.3 Å². The highest BCUT2D eigenvalue weighted by Crippen LogP contribution is 2.36. The summed E-state index contributed by atoms with van der Waals surface area (Å²) in [6.07, 6.45) is 1.81. The van der Waals surface area contributed by atoms with E-state index in [1.165, 1.54) is 11.1 Å². The number of aromatic nitrogens is 1. The first-order valence-corrected chi connectivity index (χ1v) is 15.4. The Labute approximate surface area is 237 Å². The largest absolute Gasteiger partial charge is 0.329 e. The summed E-state index contributed by atoms with van der Waals surface area (Å²) in [5, 5.41) is 3.23. The predicted octanol–water partition coefficient (Wildman–Crippen LogP) is 5.85. The number of halogens is 1. The Kier molecular flexibility index (Phi) is 9.58. The molecule has 11 heteroatoms. The van der Waals surface area contributed by atoms with Gasteiger partial charge in [-0.05, 0) is 29.7 Å². The highest BCUT2D eigenvalue weighted by Gasteiger charge is 2.21. The van der Waals surface area contributed by atoms with Crippen LogP contribution in [0.5, 0.6) is 0 Å². The lowest BCUT2D eigenvalue weighted by atomic mass is 9.88. The Morgan fingerprint density at radius 3 is 2.10 bits per heavy atom. The number of nitrogens with one attached hydrogen (secondary N) is 2. The average Bonchev–Trinajstić information content (AvgIpc) is 3.28. The number of benzene rings is 3. The smallest absolute Gasteiger partial charge is 0.323 e. The van der Waals surface area contributed by atoms with Gasteiger partial charge in [0.25, 0.3) is 0 Å². The molecule has 0 radical (unpaired) electrons. The van der Waals surface area contributed by atoms with Gasteiger partial charge < -0.3 is 10.6 Å².